The van der Waals surface area contributed by atoms with Crippen LogP contribution in [0.5, 0.6) is 0 Å². The summed E-state index contributed by atoms with van der Waals surface area (Å²) in [5, 5.41) is 0. The lowest BCUT2D eigenvalue weighted by atomic mass is 10.2. The third kappa shape index (κ3) is 3.57. The minimum atomic E-state index is -0.510. The van der Waals surface area contributed by atoms with Crippen LogP contribution in [0.2, 0.25) is 0 Å². The third-order valence-electron chi connectivity index (χ3n) is 4.59. The number of nitrogens with one attached hydrogen (secondary N) is 1. The van der Waals surface area contributed by atoms with E-state index < -0.39 is 5.82 Å². The van der Waals surface area contributed by atoms with Crippen LogP contribution in [0.4, 0.5) is 4.39 Å². The highest BCUT2D eigenvalue weighted by Gasteiger charge is 2.25. The van der Waals surface area contributed by atoms with Gasteiger partial charge in [-0.2, -0.15) is 0 Å². The van der Waals surface area contributed by atoms with Crippen molar-refractivity contribution in [3.8, 4) is 0 Å². The molecule has 0 unspecified atom stereocenters. The Morgan fingerprint density at radius 2 is 1.64 bits per heavy atom. The summed E-state index contributed by atoms with van der Waals surface area (Å²) in [6.45, 7) is 3.97. The third-order valence-corrected chi connectivity index (χ3v) is 4.59. The molecule has 0 bridgehead atoms. The van der Waals surface area contributed by atoms with Gasteiger partial charge in [-0.05, 0) is 31.0 Å². The van der Waals surface area contributed by atoms with Gasteiger partial charge in [-0.1, -0.05) is 19.1 Å². The second-order valence-corrected chi connectivity index (χ2v) is 6.14. The van der Waals surface area contributed by atoms with E-state index in [1.54, 1.807) is 34.2 Å². The highest BCUT2D eigenvalue weighted by molar-refractivity contribution is 5.96. The Hall–Kier alpha value is -2.63. The minimum absolute atomic E-state index is 0.0155. The number of halogens is 1. The number of aromatic nitrogens is 1. The summed E-state index contributed by atoms with van der Waals surface area (Å²) in [7, 11) is 0. The van der Waals surface area contributed by atoms with Gasteiger partial charge in [-0.3, -0.25) is 9.59 Å². The number of hydrogen-bond donors (Lipinski definition) is 1. The second-order valence-electron chi connectivity index (χ2n) is 6.14. The smallest absolute Gasteiger partial charge is 0.256 e. The highest BCUT2D eigenvalue weighted by atomic mass is 19.1. The molecule has 6 heteroatoms. The maximum absolute atomic E-state index is 13.9. The largest absolute Gasteiger partial charge is 0.364 e. The van der Waals surface area contributed by atoms with Gasteiger partial charge >= 0.3 is 0 Å². The number of benzene rings is 1. The predicted molar refractivity (Wildman–Crippen MR) is 93.0 cm³/mol. The molecule has 2 amide bonds. The Balaban J connectivity index is 1.69. The molecule has 1 saturated heterocycles. The van der Waals surface area contributed by atoms with Crippen molar-refractivity contribution < 1.29 is 14.0 Å². The Morgan fingerprint density at radius 1 is 1.00 bits per heavy atom. The first kappa shape index (κ1) is 17.2. The average molecular weight is 343 g/mol. The number of hydrogen-bond acceptors (Lipinski definition) is 2. The Morgan fingerprint density at radius 3 is 2.28 bits per heavy atom. The van der Waals surface area contributed by atoms with E-state index in [1.807, 2.05) is 6.92 Å². The van der Waals surface area contributed by atoms with E-state index in [9.17, 15) is 14.0 Å². The molecular weight excluding hydrogens is 321 g/mol. The molecule has 0 aliphatic carbocycles. The molecule has 2 heterocycles. The normalized spacial score (nSPS) is 15.1. The maximum atomic E-state index is 13.9. The molecule has 1 aliphatic rings. The molecule has 3 rings (SSSR count). The molecule has 25 heavy (non-hydrogen) atoms. The molecule has 1 fully saturated rings. The van der Waals surface area contributed by atoms with Gasteiger partial charge in [0.05, 0.1) is 11.1 Å². The number of aromatic amines is 1. The fraction of sp³-hybridized carbons (Fsp3) is 0.368. The summed E-state index contributed by atoms with van der Waals surface area (Å²) in [4.78, 5) is 31.8. The van der Waals surface area contributed by atoms with Crippen molar-refractivity contribution in [1.82, 2.24) is 14.8 Å². The van der Waals surface area contributed by atoms with Crippen LogP contribution in [-0.2, 0) is 6.42 Å². The number of nitrogens with zero attached hydrogens (tertiary/aromatic N) is 2. The number of H-pyrrole nitrogens is 1. The number of carbonyl (C=O) groups is 2. The van der Waals surface area contributed by atoms with Crippen LogP contribution in [-0.4, -0.2) is 52.8 Å². The fourth-order valence-electron chi connectivity index (χ4n) is 3.20. The molecule has 0 atom stereocenters. The molecule has 132 valence electrons. The first-order chi connectivity index (χ1) is 12.1. The van der Waals surface area contributed by atoms with Gasteiger partial charge in [-0.15, -0.1) is 0 Å². The minimum Gasteiger partial charge on any atom is -0.364 e. The molecule has 0 spiro atoms. The van der Waals surface area contributed by atoms with Gasteiger partial charge < -0.3 is 14.8 Å². The Labute approximate surface area is 146 Å². The number of rotatable bonds is 3. The Bertz CT molecular complexity index is 772. The van der Waals surface area contributed by atoms with Crippen LogP contribution in [0.1, 0.15) is 39.8 Å². The predicted octanol–water partition coefficient (Wildman–Crippen LogP) is 2.70. The molecule has 0 radical (unpaired) electrons. The van der Waals surface area contributed by atoms with Crippen LogP contribution in [0.25, 0.3) is 0 Å². The highest BCUT2D eigenvalue weighted by Crippen LogP contribution is 2.16. The molecular formula is C19H22FN3O2. The molecule has 1 aromatic heterocycles. The first-order valence-electron chi connectivity index (χ1n) is 8.61. The van der Waals surface area contributed by atoms with E-state index in [0.717, 1.165) is 12.1 Å². The van der Waals surface area contributed by atoms with E-state index in [0.29, 0.717) is 38.2 Å². The van der Waals surface area contributed by atoms with Crippen molar-refractivity contribution in [3.05, 3.63) is 59.2 Å². The van der Waals surface area contributed by atoms with Crippen molar-refractivity contribution in [2.45, 2.75) is 19.8 Å². The van der Waals surface area contributed by atoms with Crippen molar-refractivity contribution >= 4 is 11.8 Å². The summed E-state index contributed by atoms with van der Waals surface area (Å²) < 4.78 is 13.9. The molecule has 0 saturated carbocycles. The lowest BCUT2D eigenvalue weighted by Gasteiger charge is -2.22. The lowest BCUT2D eigenvalue weighted by molar-refractivity contribution is 0.0715. The van der Waals surface area contributed by atoms with Gasteiger partial charge in [0.1, 0.15) is 5.82 Å². The van der Waals surface area contributed by atoms with Crippen LogP contribution >= 0.6 is 0 Å². The van der Waals surface area contributed by atoms with Gasteiger partial charge in [0.15, 0.2) is 0 Å². The average Bonchev–Trinajstić information content (AvgIpc) is 2.97. The molecule has 2 aromatic rings. The summed E-state index contributed by atoms with van der Waals surface area (Å²) in [5.74, 6) is -0.842. The lowest BCUT2D eigenvalue weighted by Crippen LogP contribution is -2.37. The van der Waals surface area contributed by atoms with Gasteiger partial charge in [0, 0.05) is 38.1 Å². The van der Waals surface area contributed by atoms with Crippen molar-refractivity contribution in [3.63, 3.8) is 0 Å². The maximum Gasteiger partial charge on any atom is 0.256 e. The first-order valence-corrected chi connectivity index (χ1v) is 8.61. The van der Waals surface area contributed by atoms with E-state index in [2.05, 4.69) is 4.98 Å². The number of amides is 2. The van der Waals surface area contributed by atoms with E-state index >= 15 is 0 Å². The van der Waals surface area contributed by atoms with Crippen molar-refractivity contribution in [2.24, 2.45) is 0 Å². The monoisotopic (exact) mass is 343 g/mol. The SMILES string of the molecule is CCc1[nH]ccc1C(=O)N1CCCN(C(=O)c2ccccc2F)CC1. The van der Waals surface area contributed by atoms with Crippen LogP contribution in [0.15, 0.2) is 36.5 Å². The summed E-state index contributed by atoms with van der Waals surface area (Å²) in [6.07, 6.45) is 3.22. The van der Waals surface area contributed by atoms with Gasteiger partial charge in [0.25, 0.3) is 11.8 Å². The standard InChI is InChI=1S/C19H22FN3O2/c1-2-17-15(8-9-21-17)19(25)23-11-5-10-22(12-13-23)18(24)14-6-3-4-7-16(14)20/h3-4,6-9,21H,2,5,10-13H2,1H3. The number of carbonyl (C=O) groups excluding carboxylic acids is 2. The summed E-state index contributed by atoms with van der Waals surface area (Å²) in [5.41, 5.74) is 1.70. The molecule has 1 N–H and O–H groups in total. The Kier molecular flexibility index (Phi) is 5.16. The topological polar surface area (TPSA) is 56.4 Å². The van der Waals surface area contributed by atoms with Crippen molar-refractivity contribution in [2.75, 3.05) is 26.2 Å². The van der Waals surface area contributed by atoms with Crippen LogP contribution in [0, 0.1) is 5.82 Å². The van der Waals surface area contributed by atoms with E-state index in [1.165, 1.54) is 12.1 Å². The van der Waals surface area contributed by atoms with Crippen LogP contribution < -0.4 is 0 Å². The zero-order chi connectivity index (χ0) is 17.8. The molecule has 5 nitrogen and oxygen atoms in total. The fourth-order valence-corrected chi connectivity index (χ4v) is 3.20. The van der Waals surface area contributed by atoms with Gasteiger partial charge in [-0.25, -0.2) is 4.39 Å². The van der Waals surface area contributed by atoms with Crippen LogP contribution in [0.3, 0.4) is 0 Å². The number of aryl methyl sites for hydroxylation is 1. The quantitative estimate of drug-likeness (QED) is 0.932. The second kappa shape index (κ2) is 7.51. The molecule has 1 aliphatic heterocycles. The van der Waals surface area contributed by atoms with E-state index in [-0.39, 0.29) is 17.4 Å². The molecule has 1 aromatic carbocycles. The zero-order valence-electron chi connectivity index (χ0n) is 14.3. The van der Waals surface area contributed by atoms with Crippen molar-refractivity contribution in [1.29, 1.82) is 0 Å². The summed E-state index contributed by atoms with van der Waals surface area (Å²) in [6, 6.07) is 7.81. The van der Waals surface area contributed by atoms with Gasteiger partial charge in [0.2, 0.25) is 0 Å². The van der Waals surface area contributed by atoms with E-state index in [4.69, 9.17) is 0 Å². The summed E-state index contributed by atoms with van der Waals surface area (Å²) >= 11 is 0. The zero-order valence-corrected chi connectivity index (χ0v) is 14.3.